The zero-order chi connectivity index (χ0) is 19.3. The Morgan fingerprint density at radius 1 is 0.680 bits per heavy atom. The fourth-order valence-electron chi connectivity index (χ4n) is 2.44. The molecule has 0 radical (unpaired) electrons. The predicted molar refractivity (Wildman–Crippen MR) is 99.7 cm³/mol. The van der Waals surface area contributed by atoms with Crippen molar-refractivity contribution in [3.63, 3.8) is 0 Å². The van der Waals surface area contributed by atoms with Gasteiger partial charge in [-0.1, -0.05) is 0 Å². The van der Waals surface area contributed by atoms with Crippen LogP contribution in [0.5, 0.6) is 0 Å². The van der Waals surface area contributed by atoms with Gasteiger partial charge in [-0.2, -0.15) is 0 Å². The van der Waals surface area contributed by atoms with Gasteiger partial charge in [0.05, 0.1) is 6.61 Å². The Bertz CT molecular complexity index is 400. The Hall–Kier alpha value is -0.746. The van der Waals surface area contributed by atoms with Crippen molar-refractivity contribution in [3.8, 4) is 0 Å². The highest BCUT2D eigenvalue weighted by Gasteiger charge is 2.37. The van der Waals surface area contributed by atoms with Gasteiger partial charge in [0.15, 0.2) is 0 Å². The van der Waals surface area contributed by atoms with E-state index >= 15 is 0 Å². The van der Waals surface area contributed by atoms with Crippen LogP contribution < -0.4 is 0 Å². The highest BCUT2D eigenvalue weighted by atomic mass is 28.4. The van der Waals surface area contributed by atoms with Crippen LogP contribution in [-0.2, 0) is 32.0 Å². The Morgan fingerprint density at radius 3 is 1.60 bits per heavy atom. The van der Waals surface area contributed by atoms with Gasteiger partial charge in [-0.25, -0.2) is 0 Å². The summed E-state index contributed by atoms with van der Waals surface area (Å²) in [7, 11) is -5.11. The first-order valence-electron chi connectivity index (χ1n) is 9.03. The quantitative estimate of drug-likeness (QED) is 0.331. The standard InChI is InChI=1S/C16H34O7Si2/c1-7-19-15(17)11-14-25(6,22-10-4)23-16(18)12-13-24(5,20-8-2)21-9-3/h7-14H2,1-6H3. The van der Waals surface area contributed by atoms with Crippen LogP contribution in [0, 0.1) is 0 Å². The van der Waals surface area contributed by atoms with Crippen molar-refractivity contribution in [3.05, 3.63) is 0 Å². The fraction of sp³-hybridized carbons (Fsp3) is 0.875. The molecule has 0 saturated heterocycles. The van der Waals surface area contributed by atoms with Crippen molar-refractivity contribution >= 4 is 29.1 Å². The Morgan fingerprint density at radius 2 is 1.12 bits per heavy atom. The summed E-state index contributed by atoms with van der Waals surface area (Å²) in [6.07, 6.45) is 0.409. The summed E-state index contributed by atoms with van der Waals surface area (Å²) in [5.74, 6) is -0.630. The van der Waals surface area contributed by atoms with Crippen molar-refractivity contribution in [2.45, 2.75) is 65.7 Å². The molecular weight excluding hydrogens is 360 g/mol. The maximum absolute atomic E-state index is 12.3. The first kappa shape index (κ1) is 24.3. The lowest BCUT2D eigenvalue weighted by atomic mass is 10.5. The summed E-state index contributed by atoms with van der Waals surface area (Å²) >= 11 is 0. The first-order chi connectivity index (χ1) is 11.7. The summed E-state index contributed by atoms with van der Waals surface area (Å²) in [6, 6.07) is 0.916. The van der Waals surface area contributed by atoms with Crippen LogP contribution in [0.2, 0.25) is 25.2 Å². The van der Waals surface area contributed by atoms with Gasteiger partial charge in [-0.05, 0) is 40.8 Å². The van der Waals surface area contributed by atoms with E-state index in [4.69, 9.17) is 22.4 Å². The molecule has 148 valence electrons. The molecule has 0 aliphatic heterocycles. The minimum Gasteiger partial charge on any atom is -0.494 e. The molecule has 0 spiro atoms. The van der Waals surface area contributed by atoms with E-state index in [0.29, 0.717) is 38.5 Å². The van der Waals surface area contributed by atoms with Crippen molar-refractivity contribution in [2.75, 3.05) is 26.4 Å². The van der Waals surface area contributed by atoms with Gasteiger partial charge in [0.1, 0.15) is 0 Å². The molecule has 0 rings (SSSR count). The van der Waals surface area contributed by atoms with Crippen LogP contribution in [0.1, 0.15) is 40.5 Å². The average Bonchev–Trinajstić information content (AvgIpc) is 2.52. The highest BCUT2D eigenvalue weighted by molar-refractivity contribution is 6.68. The molecule has 0 bridgehead atoms. The molecule has 7 nitrogen and oxygen atoms in total. The van der Waals surface area contributed by atoms with E-state index in [2.05, 4.69) is 0 Å². The maximum Gasteiger partial charge on any atom is 0.398 e. The molecule has 0 aromatic rings. The summed E-state index contributed by atoms with van der Waals surface area (Å²) in [4.78, 5) is 23.8. The number of carbonyl (C=O) groups excluding carboxylic acids is 2. The minimum atomic E-state index is -2.75. The fourth-order valence-corrected chi connectivity index (χ4v) is 6.85. The number of carbonyl (C=O) groups is 2. The molecule has 1 atom stereocenters. The lowest BCUT2D eigenvalue weighted by molar-refractivity contribution is -0.143. The number of hydrogen-bond acceptors (Lipinski definition) is 7. The lowest BCUT2D eigenvalue weighted by Gasteiger charge is -2.28. The molecule has 0 aromatic carbocycles. The zero-order valence-corrected chi connectivity index (χ0v) is 18.5. The second-order valence-electron chi connectivity index (χ2n) is 5.85. The van der Waals surface area contributed by atoms with Gasteiger partial charge in [-0.3, -0.25) is 9.59 Å². The van der Waals surface area contributed by atoms with Crippen LogP contribution in [-0.4, -0.2) is 55.5 Å². The monoisotopic (exact) mass is 394 g/mol. The van der Waals surface area contributed by atoms with E-state index in [1.165, 1.54) is 0 Å². The van der Waals surface area contributed by atoms with E-state index in [9.17, 15) is 9.59 Å². The van der Waals surface area contributed by atoms with Gasteiger partial charge < -0.3 is 22.4 Å². The van der Waals surface area contributed by atoms with Gasteiger partial charge in [0, 0.05) is 44.8 Å². The SMILES string of the molecule is CCOC(=O)CC[Si](C)(OCC)OC(=O)CC[Si](C)(OCC)OCC. The van der Waals surface area contributed by atoms with E-state index in [-0.39, 0.29) is 24.8 Å². The molecule has 0 N–H and O–H groups in total. The maximum atomic E-state index is 12.3. The van der Waals surface area contributed by atoms with E-state index in [1.54, 1.807) is 13.5 Å². The molecule has 0 fully saturated rings. The van der Waals surface area contributed by atoms with Crippen molar-refractivity contribution < 1.29 is 32.0 Å². The largest absolute Gasteiger partial charge is 0.494 e. The van der Waals surface area contributed by atoms with Crippen molar-refractivity contribution in [1.82, 2.24) is 0 Å². The zero-order valence-electron chi connectivity index (χ0n) is 16.5. The van der Waals surface area contributed by atoms with Gasteiger partial charge in [-0.15, -0.1) is 0 Å². The van der Waals surface area contributed by atoms with Crippen LogP contribution >= 0.6 is 0 Å². The average molecular weight is 395 g/mol. The van der Waals surface area contributed by atoms with Crippen molar-refractivity contribution in [2.24, 2.45) is 0 Å². The van der Waals surface area contributed by atoms with Gasteiger partial charge >= 0.3 is 23.1 Å². The summed E-state index contributed by atoms with van der Waals surface area (Å²) in [5, 5.41) is 0. The lowest BCUT2D eigenvalue weighted by Crippen LogP contribution is -2.43. The number of hydrogen-bond donors (Lipinski definition) is 0. The molecule has 0 amide bonds. The number of ether oxygens (including phenoxy) is 1. The third-order valence-corrected chi connectivity index (χ3v) is 9.22. The normalized spacial score (nSPS) is 14.0. The third-order valence-electron chi connectivity index (χ3n) is 3.55. The molecule has 0 heterocycles. The van der Waals surface area contributed by atoms with Crippen LogP contribution in [0.25, 0.3) is 0 Å². The molecule has 0 aliphatic carbocycles. The Labute approximate surface area is 153 Å². The predicted octanol–water partition coefficient (Wildman–Crippen LogP) is 3.13. The topological polar surface area (TPSA) is 80.3 Å². The smallest absolute Gasteiger partial charge is 0.398 e. The van der Waals surface area contributed by atoms with E-state index < -0.39 is 17.1 Å². The molecule has 25 heavy (non-hydrogen) atoms. The third kappa shape index (κ3) is 10.8. The van der Waals surface area contributed by atoms with Crippen LogP contribution in [0.15, 0.2) is 0 Å². The molecule has 9 heteroatoms. The van der Waals surface area contributed by atoms with Crippen LogP contribution in [0.4, 0.5) is 0 Å². The van der Waals surface area contributed by atoms with Crippen LogP contribution in [0.3, 0.4) is 0 Å². The Balaban J connectivity index is 4.63. The summed E-state index contributed by atoms with van der Waals surface area (Å²) in [5.41, 5.74) is 0. The minimum absolute atomic E-state index is 0.189. The summed E-state index contributed by atoms with van der Waals surface area (Å²) in [6.45, 7) is 13.1. The van der Waals surface area contributed by atoms with Crippen molar-refractivity contribution in [1.29, 1.82) is 0 Å². The van der Waals surface area contributed by atoms with E-state index in [1.807, 2.05) is 27.3 Å². The number of esters is 1. The molecule has 0 saturated carbocycles. The highest BCUT2D eigenvalue weighted by Crippen LogP contribution is 2.21. The molecule has 0 aromatic heterocycles. The molecular formula is C16H34O7Si2. The molecule has 1 unspecified atom stereocenters. The van der Waals surface area contributed by atoms with Gasteiger partial charge in [0.2, 0.25) is 0 Å². The molecule has 0 aliphatic rings. The van der Waals surface area contributed by atoms with E-state index in [0.717, 1.165) is 0 Å². The second-order valence-corrected chi connectivity index (χ2v) is 12.5. The van der Waals surface area contributed by atoms with Gasteiger partial charge in [0.25, 0.3) is 5.97 Å². The second kappa shape index (κ2) is 12.6. The first-order valence-corrected chi connectivity index (χ1v) is 14.1. The summed E-state index contributed by atoms with van der Waals surface area (Å²) < 4.78 is 27.7. The Kier molecular flexibility index (Phi) is 12.2. The number of rotatable bonds is 14.